The molecule has 0 aliphatic carbocycles. The molecule has 0 saturated heterocycles. The summed E-state index contributed by atoms with van der Waals surface area (Å²) in [5.74, 6) is 3.85. The molecule has 4 aromatic rings. The number of hydrogen-bond acceptors (Lipinski definition) is 4. The third-order valence-corrected chi connectivity index (χ3v) is 12.5. The van der Waals surface area contributed by atoms with Gasteiger partial charge in [-0.2, -0.15) is 0 Å². The predicted molar refractivity (Wildman–Crippen MR) is 216 cm³/mol. The van der Waals surface area contributed by atoms with Gasteiger partial charge in [-0.1, -0.05) is 163 Å². The molecule has 0 amide bonds. The van der Waals surface area contributed by atoms with Gasteiger partial charge in [-0.25, -0.2) is 0 Å². The molecule has 0 bridgehead atoms. The van der Waals surface area contributed by atoms with Crippen LogP contribution in [0.15, 0.2) is 97.1 Å². The Kier molecular flexibility index (Phi) is 12.8. The lowest BCUT2D eigenvalue weighted by molar-refractivity contribution is 0.360. The van der Waals surface area contributed by atoms with Crippen LogP contribution in [0.25, 0.3) is 0 Å². The second-order valence-electron chi connectivity index (χ2n) is 17.1. The van der Waals surface area contributed by atoms with E-state index in [0.717, 1.165) is 39.7 Å². The van der Waals surface area contributed by atoms with Crippen molar-refractivity contribution in [1.29, 1.82) is 0 Å². The van der Waals surface area contributed by atoms with Gasteiger partial charge < -0.3 is 18.1 Å². The van der Waals surface area contributed by atoms with E-state index in [1.165, 1.54) is 5.56 Å². The van der Waals surface area contributed by atoms with Crippen LogP contribution in [0.4, 0.5) is 0 Å². The molecule has 0 aromatic heterocycles. The Morgan fingerprint density at radius 1 is 0.400 bits per heavy atom. The number of rotatable bonds is 13. The Morgan fingerprint density at radius 3 is 0.900 bits per heavy atom. The van der Waals surface area contributed by atoms with Crippen LogP contribution in [0.5, 0.6) is 23.0 Å². The smallest absolute Gasteiger partial charge is 0.290 e. The van der Waals surface area contributed by atoms with Crippen molar-refractivity contribution in [2.45, 2.75) is 112 Å². The van der Waals surface area contributed by atoms with Gasteiger partial charge in [0.1, 0.15) is 23.0 Å². The fourth-order valence-electron chi connectivity index (χ4n) is 5.71. The summed E-state index contributed by atoms with van der Waals surface area (Å²) in [6.07, 6.45) is 1.23. The summed E-state index contributed by atoms with van der Waals surface area (Å²) in [5.41, 5.74) is 4.27. The summed E-state index contributed by atoms with van der Waals surface area (Å²) in [6.45, 7) is 29.1. The maximum Gasteiger partial charge on any atom is 0.290 e. The van der Waals surface area contributed by atoms with Gasteiger partial charge in [0, 0.05) is 5.56 Å². The van der Waals surface area contributed by atoms with E-state index in [9.17, 15) is 0 Å². The number of hydrogen-bond donors (Lipinski definition) is 0. The topological polar surface area (TPSA) is 36.9 Å². The van der Waals surface area contributed by atoms with Gasteiger partial charge in [0.15, 0.2) is 0 Å². The molecule has 0 aliphatic rings. The number of benzene rings is 4. The summed E-state index contributed by atoms with van der Waals surface area (Å²) >= 11 is 0. The second kappa shape index (κ2) is 16.1. The molecule has 0 N–H and O–H groups in total. The lowest BCUT2D eigenvalue weighted by atomic mass is 9.75. The van der Waals surface area contributed by atoms with Crippen LogP contribution in [-0.4, -0.2) is 12.3 Å². The highest BCUT2D eigenvalue weighted by molar-refractivity contribution is 7.52. The largest absolute Gasteiger partial charge is 0.438 e. The normalized spacial score (nSPS) is 13.3. The quantitative estimate of drug-likeness (QED) is 0.129. The third-order valence-electron chi connectivity index (χ3n) is 9.38. The van der Waals surface area contributed by atoms with Crippen molar-refractivity contribution < 1.29 is 18.1 Å². The summed E-state index contributed by atoms with van der Waals surface area (Å²) in [7, 11) is -2.88. The van der Waals surface area contributed by atoms with Crippen molar-refractivity contribution in [1.82, 2.24) is 0 Å². The van der Waals surface area contributed by atoms with Crippen molar-refractivity contribution in [2.24, 2.45) is 5.92 Å². The minimum absolute atomic E-state index is 0.0902. The minimum atomic E-state index is -1.45. The van der Waals surface area contributed by atoms with Crippen molar-refractivity contribution in [3.8, 4) is 23.0 Å². The van der Waals surface area contributed by atoms with Gasteiger partial charge in [0.2, 0.25) is 0 Å². The molecular weight excluding hydrogens is 654 g/mol. The first-order valence-corrected chi connectivity index (χ1v) is 20.7. The zero-order valence-corrected chi connectivity index (χ0v) is 34.5. The van der Waals surface area contributed by atoms with Crippen molar-refractivity contribution in [2.75, 3.05) is 12.3 Å². The first-order chi connectivity index (χ1) is 23.3. The zero-order chi connectivity index (χ0) is 36.9. The molecule has 4 nitrogen and oxygen atoms in total. The molecule has 0 fully saturated rings. The van der Waals surface area contributed by atoms with Crippen molar-refractivity contribution >= 4 is 16.8 Å². The van der Waals surface area contributed by atoms with Crippen LogP contribution in [0.1, 0.15) is 112 Å². The van der Waals surface area contributed by atoms with Gasteiger partial charge in [-0.15, -0.1) is 0 Å². The third kappa shape index (κ3) is 10.3. The van der Waals surface area contributed by atoms with Gasteiger partial charge in [-0.05, 0) is 68.5 Å². The van der Waals surface area contributed by atoms with Gasteiger partial charge in [0.05, 0.1) is 12.3 Å². The fourth-order valence-corrected chi connectivity index (χ4v) is 8.97. The Morgan fingerprint density at radius 2 is 0.640 bits per heavy atom. The van der Waals surface area contributed by atoms with E-state index in [2.05, 4.69) is 169 Å². The highest BCUT2D eigenvalue weighted by Crippen LogP contribution is 2.51. The summed E-state index contributed by atoms with van der Waals surface area (Å²) in [6, 6.07) is 33.5. The molecule has 0 saturated carbocycles. The molecule has 270 valence electrons. The van der Waals surface area contributed by atoms with Crippen molar-refractivity contribution in [3.63, 3.8) is 0 Å². The van der Waals surface area contributed by atoms with Crippen LogP contribution in [0.3, 0.4) is 0 Å². The molecule has 6 heteroatoms. The molecule has 1 atom stereocenters. The SMILES string of the molecule is CC(C)C(C)(C)c1ccccc1OP(CCP(Oc1ccccc1C(C)(C)C)Oc1ccccc1C(C)(C)C)Oc1ccccc1C(C)(C)C. The van der Waals surface area contributed by atoms with Crippen LogP contribution in [0.2, 0.25) is 0 Å². The zero-order valence-electron chi connectivity index (χ0n) is 32.8. The van der Waals surface area contributed by atoms with E-state index >= 15 is 0 Å². The second-order valence-corrected chi connectivity index (χ2v) is 20.0. The minimum Gasteiger partial charge on any atom is -0.438 e. The maximum atomic E-state index is 7.00. The molecule has 0 spiro atoms. The van der Waals surface area contributed by atoms with E-state index in [1.54, 1.807) is 0 Å². The average molecular weight is 715 g/mol. The van der Waals surface area contributed by atoms with E-state index < -0.39 is 16.8 Å². The number of para-hydroxylation sites is 4. The van der Waals surface area contributed by atoms with Crippen LogP contribution in [0, 0.1) is 5.92 Å². The van der Waals surface area contributed by atoms with Gasteiger partial charge >= 0.3 is 0 Å². The van der Waals surface area contributed by atoms with E-state index in [-0.39, 0.29) is 21.7 Å². The molecular formula is C44H60O4P2. The molecule has 0 aliphatic heterocycles. The van der Waals surface area contributed by atoms with Crippen LogP contribution >= 0.6 is 16.8 Å². The van der Waals surface area contributed by atoms with E-state index in [1.807, 2.05) is 18.2 Å². The molecule has 0 radical (unpaired) electrons. The van der Waals surface area contributed by atoms with Crippen LogP contribution < -0.4 is 18.1 Å². The summed E-state index contributed by atoms with van der Waals surface area (Å²) in [4.78, 5) is 0. The highest BCUT2D eigenvalue weighted by Gasteiger charge is 2.32. The fraction of sp³-hybridized carbons (Fsp3) is 0.455. The average Bonchev–Trinajstić information content (AvgIpc) is 3.03. The van der Waals surface area contributed by atoms with Crippen molar-refractivity contribution in [3.05, 3.63) is 119 Å². The van der Waals surface area contributed by atoms with Crippen LogP contribution in [-0.2, 0) is 21.7 Å². The summed E-state index contributed by atoms with van der Waals surface area (Å²) < 4.78 is 27.8. The first kappa shape index (κ1) is 39.7. The Balaban J connectivity index is 1.76. The Hall–Kier alpha value is -3.06. The Bertz CT molecular complexity index is 1630. The monoisotopic (exact) mass is 714 g/mol. The lowest BCUT2D eigenvalue weighted by Gasteiger charge is -2.33. The molecule has 0 heterocycles. The predicted octanol–water partition coefficient (Wildman–Crippen LogP) is 13.8. The van der Waals surface area contributed by atoms with E-state index in [0.29, 0.717) is 18.2 Å². The maximum absolute atomic E-state index is 7.00. The van der Waals surface area contributed by atoms with E-state index in [4.69, 9.17) is 18.1 Å². The molecule has 4 aromatic carbocycles. The molecule has 1 unspecified atom stereocenters. The highest BCUT2D eigenvalue weighted by atomic mass is 31.2. The molecule has 4 rings (SSSR count). The standard InChI is InChI=1S/C44H60O4P2/c1-32(2)44(12,13)36-25-17-21-29-40(36)48-50(47-39-28-20-16-24-35(39)43(9,10)11)31-30-49(45-37-26-18-14-22-33(37)41(3,4)5)46-38-27-19-15-23-34(38)42(6,7)8/h14-29,32H,30-31H2,1-13H3. The van der Waals surface area contributed by atoms with Gasteiger partial charge in [-0.3, -0.25) is 0 Å². The lowest BCUT2D eigenvalue weighted by Crippen LogP contribution is -2.25. The van der Waals surface area contributed by atoms with Gasteiger partial charge in [0.25, 0.3) is 16.8 Å². The Labute approximate surface area is 306 Å². The molecule has 50 heavy (non-hydrogen) atoms. The first-order valence-electron chi connectivity index (χ1n) is 17.9. The summed E-state index contributed by atoms with van der Waals surface area (Å²) in [5, 5.41) is 0.